The SMILES string of the molecule is N#CNCCNC(=O)C1CC1. The van der Waals surface area contributed by atoms with Crippen molar-refractivity contribution < 1.29 is 4.79 Å². The number of nitrogens with one attached hydrogen (secondary N) is 2. The zero-order valence-electron chi connectivity index (χ0n) is 6.26. The van der Waals surface area contributed by atoms with E-state index in [0.29, 0.717) is 13.1 Å². The van der Waals surface area contributed by atoms with Crippen LogP contribution in [0, 0.1) is 17.4 Å². The fourth-order valence-electron chi connectivity index (χ4n) is 0.794. The number of carbonyl (C=O) groups excluding carboxylic acids is 1. The maximum atomic E-state index is 10.9. The van der Waals surface area contributed by atoms with Crippen molar-refractivity contribution in [2.45, 2.75) is 12.8 Å². The van der Waals surface area contributed by atoms with E-state index in [4.69, 9.17) is 5.26 Å². The van der Waals surface area contributed by atoms with E-state index in [-0.39, 0.29) is 11.8 Å². The molecule has 0 radical (unpaired) electrons. The van der Waals surface area contributed by atoms with Crippen molar-refractivity contribution in [2.24, 2.45) is 5.92 Å². The van der Waals surface area contributed by atoms with Gasteiger partial charge in [0.05, 0.1) is 0 Å². The Morgan fingerprint density at radius 3 is 2.82 bits per heavy atom. The summed E-state index contributed by atoms with van der Waals surface area (Å²) in [4.78, 5) is 10.9. The van der Waals surface area contributed by atoms with Crippen molar-refractivity contribution in [3.63, 3.8) is 0 Å². The quantitative estimate of drug-likeness (QED) is 0.327. The van der Waals surface area contributed by atoms with Crippen LogP contribution in [0.15, 0.2) is 0 Å². The summed E-state index contributed by atoms with van der Waals surface area (Å²) < 4.78 is 0. The van der Waals surface area contributed by atoms with Crippen molar-refractivity contribution >= 4 is 5.91 Å². The second-order valence-corrected chi connectivity index (χ2v) is 2.60. The summed E-state index contributed by atoms with van der Waals surface area (Å²) >= 11 is 0. The predicted octanol–water partition coefficient (Wildman–Crippen LogP) is -0.417. The van der Waals surface area contributed by atoms with Gasteiger partial charge in [0.25, 0.3) is 0 Å². The van der Waals surface area contributed by atoms with Gasteiger partial charge in [-0.2, -0.15) is 5.26 Å². The maximum absolute atomic E-state index is 10.9. The van der Waals surface area contributed by atoms with Crippen LogP contribution in [0.3, 0.4) is 0 Å². The Kier molecular flexibility index (Phi) is 2.73. The van der Waals surface area contributed by atoms with E-state index in [2.05, 4.69) is 10.6 Å². The molecule has 1 amide bonds. The minimum atomic E-state index is 0.129. The molecule has 0 unspecified atom stereocenters. The molecule has 0 aromatic carbocycles. The molecule has 1 saturated carbocycles. The predicted molar refractivity (Wildman–Crippen MR) is 39.3 cm³/mol. The van der Waals surface area contributed by atoms with Gasteiger partial charge in [0.1, 0.15) is 0 Å². The Hall–Kier alpha value is -1.24. The molecule has 0 saturated heterocycles. The molecule has 11 heavy (non-hydrogen) atoms. The van der Waals surface area contributed by atoms with Crippen LogP contribution in [-0.2, 0) is 4.79 Å². The number of nitriles is 1. The van der Waals surface area contributed by atoms with Gasteiger partial charge in [-0.05, 0) is 12.8 Å². The first kappa shape index (κ1) is 7.86. The second-order valence-electron chi connectivity index (χ2n) is 2.60. The summed E-state index contributed by atoms with van der Waals surface area (Å²) in [5.74, 6) is 0.391. The Morgan fingerprint density at radius 2 is 2.27 bits per heavy atom. The van der Waals surface area contributed by atoms with E-state index < -0.39 is 0 Å². The molecule has 60 valence electrons. The molecule has 1 aliphatic rings. The molecule has 0 spiro atoms. The van der Waals surface area contributed by atoms with Crippen LogP contribution in [0.25, 0.3) is 0 Å². The van der Waals surface area contributed by atoms with E-state index in [1.54, 1.807) is 6.19 Å². The molecule has 0 aliphatic heterocycles. The molecule has 4 nitrogen and oxygen atoms in total. The first-order valence-electron chi connectivity index (χ1n) is 3.74. The smallest absolute Gasteiger partial charge is 0.223 e. The standard InChI is InChI=1S/C7H11N3O/c8-5-9-3-4-10-7(11)6-1-2-6/h6,9H,1-4H2,(H,10,11). The van der Waals surface area contributed by atoms with E-state index in [0.717, 1.165) is 12.8 Å². The molecule has 0 aromatic rings. The van der Waals surface area contributed by atoms with E-state index in [1.165, 1.54) is 0 Å². The largest absolute Gasteiger partial charge is 0.354 e. The Morgan fingerprint density at radius 1 is 1.55 bits per heavy atom. The first-order valence-corrected chi connectivity index (χ1v) is 3.74. The summed E-state index contributed by atoms with van der Waals surface area (Å²) in [5, 5.41) is 13.3. The Balaban J connectivity index is 1.94. The number of hydrogen-bond acceptors (Lipinski definition) is 3. The minimum absolute atomic E-state index is 0.129. The highest BCUT2D eigenvalue weighted by molar-refractivity contribution is 5.80. The zero-order chi connectivity index (χ0) is 8.10. The molecule has 1 fully saturated rings. The highest BCUT2D eigenvalue weighted by Crippen LogP contribution is 2.28. The van der Waals surface area contributed by atoms with Gasteiger partial charge in [-0.25, -0.2) is 0 Å². The van der Waals surface area contributed by atoms with Crippen molar-refractivity contribution in [1.82, 2.24) is 10.6 Å². The molecule has 4 heteroatoms. The van der Waals surface area contributed by atoms with Crippen molar-refractivity contribution in [1.29, 1.82) is 5.26 Å². The van der Waals surface area contributed by atoms with Crippen LogP contribution in [-0.4, -0.2) is 19.0 Å². The molecule has 0 aromatic heterocycles. The molecule has 1 rings (SSSR count). The fraction of sp³-hybridized carbons (Fsp3) is 0.714. The first-order chi connectivity index (χ1) is 5.34. The van der Waals surface area contributed by atoms with Crippen LogP contribution >= 0.6 is 0 Å². The topological polar surface area (TPSA) is 64.9 Å². The van der Waals surface area contributed by atoms with Gasteiger partial charge < -0.3 is 10.6 Å². The zero-order valence-corrected chi connectivity index (χ0v) is 6.26. The second kappa shape index (κ2) is 3.81. The van der Waals surface area contributed by atoms with Gasteiger partial charge in [0, 0.05) is 19.0 Å². The summed E-state index contributed by atoms with van der Waals surface area (Å²) in [5.41, 5.74) is 0. The highest BCUT2D eigenvalue weighted by Gasteiger charge is 2.28. The van der Waals surface area contributed by atoms with E-state index in [9.17, 15) is 4.79 Å². The average Bonchev–Trinajstić information content (AvgIpc) is 2.79. The van der Waals surface area contributed by atoms with Gasteiger partial charge in [0.2, 0.25) is 5.91 Å². The van der Waals surface area contributed by atoms with E-state index in [1.807, 2.05) is 0 Å². The van der Waals surface area contributed by atoms with Crippen LogP contribution < -0.4 is 10.6 Å². The van der Waals surface area contributed by atoms with Gasteiger partial charge in [-0.1, -0.05) is 0 Å². The van der Waals surface area contributed by atoms with Crippen molar-refractivity contribution in [2.75, 3.05) is 13.1 Å². The lowest BCUT2D eigenvalue weighted by Gasteiger charge is -2.01. The molecule has 0 atom stereocenters. The van der Waals surface area contributed by atoms with Crippen LogP contribution in [0.4, 0.5) is 0 Å². The lowest BCUT2D eigenvalue weighted by Crippen LogP contribution is -2.31. The fourth-order valence-corrected chi connectivity index (χ4v) is 0.794. The summed E-state index contributed by atoms with van der Waals surface area (Å²) in [6, 6.07) is 0. The molecule has 2 N–H and O–H groups in total. The van der Waals surface area contributed by atoms with Crippen molar-refractivity contribution in [3.05, 3.63) is 0 Å². The minimum Gasteiger partial charge on any atom is -0.354 e. The molecule has 0 heterocycles. The summed E-state index contributed by atoms with van der Waals surface area (Å²) in [6.45, 7) is 1.07. The Bertz CT molecular complexity index is 181. The molecular weight excluding hydrogens is 142 g/mol. The van der Waals surface area contributed by atoms with Crippen LogP contribution in [0.5, 0.6) is 0 Å². The average molecular weight is 153 g/mol. The monoisotopic (exact) mass is 153 g/mol. The molecule has 1 aliphatic carbocycles. The number of carbonyl (C=O) groups is 1. The summed E-state index contributed by atoms with van der Waals surface area (Å²) in [7, 11) is 0. The van der Waals surface area contributed by atoms with Crippen molar-refractivity contribution in [3.8, 4) is 6.19 Å². The number of amides is 1. The van der Waals surface area contributed by atoms with Crippen LogP contribution in [0.1, 0.15) is 12.8 Å². The number of hydrogen-bond donors (Lipinski definition) is 2. The van der Waals surface area contributed by atoms with Gasteiger partial charge in [0.15, 0.2) is 6.19 Å². The maximum Gasteiger partial charge on any atom is 0.223 e. The van der Waals surface area contributed by atoms with Gasteiger partial charge in [-0.3, -0.25) is 4.79 Å². The number of nitrogens with zero attached hydrogens (tertiary/aromatic N) is 1. The van der Waals surface area contributed by atoms with Gasteiger partial charge in [-0.15, -0.1) is 0 Å². The Labute approximate surface area is 65.6 Å². The lowest BCUT2D eigenvalue weighted by molar-refractivity contribution is -0.122. The van der Waals surface area contributed by atoms with E-state index >= 15 is 0 Å². The third kappa shape index (κ3) is 2.89. The third-order valence-corrected chi connectivity index (χ3v) is 1.58. The highest BCUT2D eigenvalue weighted by atomic mass is 16.2. The molecular formula is C7H11N3O. The van der Waals surface area contributed by atoms with Crippen LogP contribution in [0.2, 0.25) is 0 Å². The number of rotatable bonds is 4. The van der Waals surface area contributed by atoms with Gasteiger partial charge >= 0.3 is 0 Å². The lowest BCUT2D eigenvalue weighted by atomic mass is 10.4. The third-order valence-electron chi connectivity index (χ3n) is 1.58. The molecule has 0 bridgehead atoms. The normalized spacial score (nSPS) is 15.2. The summed E-state index contributed by atoms with van der Waals surface area (Å²) in [6.07, 6.45) is 3.84.